The van der Waals surface area contributed by atoms with Gasteiger partial charge in [0.05, 0.1) is 22.8 Å². The van der Waals surface area contributed by atoms with Gasteiger partial charge in [0, 0.05) is 25.4 Å². The molecule has 21 heavy (non-hydrogen) atoms. The quantitative estimate of drug-likeness (QED) is 0.854. The average molecular weight is 308 g/mol. The van der Waals surface area contributed by atoms with Crippen molar-refractivity contribution in [1.29, 1.82) is 0 Å². The highest BCUT2D eigenvalue weighted by molar-refractivity contribution is 6.33. The molecule has 2 heterocycles. The molecule has 6 heteroatoms. The van der Waals surface area contributed by atoms with Crippen molar-refractivity contribution >= 4 is 17.5 Å². The number of aromatic nitrogens is 2. The predicted molar refractivity (Wildman–Crippen MR) is 77.6 cm³/mol. The maximum atomic E-state index is 13.1. The molecular formula is C15H15ClFN3O. The Morgan fingerprint density at radius 2 is 2.29 bits per heavy atom. The molecule has 1 aromatic carbocycles. The van der Waals surface area contributed by atoms with Crippen LogP contribution in [-0.2, 0) is 7.05 Å². The summed E-state index contributed by atoms with van der Waals surface area (Å²) < 4.78 is 14.8. The summed E-state index contributed by atoms with van der Waals surface area (Å²) in [7, 11) is 1.85. The number of hydrogen-bond donors (Lipinski definition) is 0. The van der Waals surface area contributed by atoms with Crippen LogP contribution in [0.2, 0.25) is 5.02 Å². The minimum atomic E-state index is -0.443. The summed E-state index contributed by atoms with van der Waals surface area (Å²) in [5.41, 5.74) is 1.36. The first-order valence-corrected chi connectivity index (χ1v) is 7.18. The number of benzene rings is 1. The van der Waals surface area contributed by atoms with Crippen molar-refractivity contribution < 1.29 is 9.18 Å². The Labute approximate surface area is 127 Å². The van der Waals surface area contributed by atoms with E-state index in [1.54, 1.807) is 15.8 Å². The van der Waals surface area contributed by atoms with Crippen LogP contribution in [0.4, 0.5) is 4.39 Å². The van der Waals surface area contributed by atoms with Gasteiger partial charge in [-0.2, -0.15) is 5.10 Å². The van der Waals surface area contributed by atoms with E-state index in [0.717, 1.165) is 18.4 Å². The van der Waals surface area contributed by atoms with E-state index in [1.807, 2.05) is 13.2 Å². The van der Waals surface area contributed by atoms with Gasteiger partial charge in [0.15, 0.2) is 0 Å². The minimum Gasteiger partial charge on any atom is -0.331 e. The Bertz CT molecular complexity index is 685. The summed E-state index contributed by atoms with van der Waals surface area (Å²) in [4.78, 5) is 14.4. The van der Waals surface area contributed by atoms with Crippen LogP contribution in [0.15, 0.2) is 30.6 Å². The summed E-state index contributed by atoms with van der Waals surface area (Å²) in [5, 5.41) is 4.31. The lowest BCUT2D eigenvalue weighted by Crippen LogP contribution is -2.30. The van der Waals surface area contributed by atoms with Crippen LogP contribution in [0.1, 0.15) is 34.8 Å². The van der Waals surface area contributed by atoms with Crippen LogP contribution in [-0.4, -0.2) is 27.1 Å². The van der Waals surface area contributed by atoms with Crippen LogP contribution in [0.25, 0.3) is 0 Å². The highest BCUT2D eigenvalue weighted by Gasteiger charge is 2.32. The van der Waals surface area contributed by atoms with E-state index in [9.17, 15) is 9.18 Å². The van der Waals surface area contributed by atoms with Crippen molar-refractivity contribution in [3.05, 3.63) is 52.6 Å². The van der Waals surface area contributed by atoms with Gasteiger partial charge in [-0.15, -0.1) is 0 Å². The minimum absolute atomic E-state index is 0.00678. The number of halogens is 2. The van der Waals surface area contributed by atoms with Gasteiger partial charge >= 0.3 is 0 Å². The smallest absolute Gasteiger partial charge is 0.255 e. The van der Waals surface area contributed by atoms with Crippen molar-refractivity contribution in [2.75, 3.05) is 6.54 Å². The molecule has 110 valence electrons. The molecule has 1 amide bonds. The molecule has 0 N–H and O–H groups in total. The zero-order valence-corrected chi connectivity index (χ0v) is 12.3. The molecule has 0 spiro atoms. The number of hydrogen-bond acceptors (Lipinski definition) is 2. The highest BCUT2D eigenvalue weighted by Crippen LogP contribution is 2.33. The van der Waals surface area contributed by atoms with E-state index in [-0.39, 0.29) is 17.0 Å². The number of likely N-dealkylation sites (tertiary alicyclic amines) is 1. The fourth-order valence-corrected chi connectivity index (χ4v) is 3.03. The number of amides is 1. The second kappa shape index (κ2) is 5.48. The lowest BCUT2D eigenvalue weighted by molar-refractivity contribution is 0.0736. The molecule has 1 fully saturated rings. The molecule has 1 aliphatic heterocycles. The number of carbonyl (C=O) groups excluding carboxylic acids is 1. The van der Waals surface area contributed by atoms with Crippen LogP contribution < -0.4 is 0 Å². The lowest BCUT2D eigenvalue weighted by atomic mass is 10.1. The van der Waals surface area contributed by atoms with Crippen molar-refractivity contribution in [1.82, 2.24) is 14.7 Å². The van der Waals surface area contributed by atoms with Gasteiger partial charge in [0.25, 0.3) is 5.91 Å². The molecule has 1 aromatic heterocycles. The summed E-state index contributed by atoms with van der Waals surface area (Å²) in [6.45, 7) is 0.673. The van der Waals surface area contributed by atoms with Crippen LogP contribution in [0, 0.1) is 5.82 Å². The summed E-state index contributed by atoms with van der Waals surface area (Å²) in [5.74, 6) is -0.604. The summed E-state index contributed by atoms with van der Waals surface area (Å²) >= 11 is 6.00. The van der Waals surface area contributed by atoms with Crippen LogP contribution >= 0.6 is 11.6 Å². The van der Waals surface area contributed by atoms with Crippen molar-refractivity contribution in [2.24, 2.45) is 7.05 Å². The van der Waals surface area contributed by atoms with Crippen molar-refractivity contribution in [3.8, 4) is 0 Å². The summed E-state index contributed by atoms with van der Waals surface area (Å²) in [6.07, 6.45) is 5.53. The van der Waals surface area contributed by atoms with E-state index in [2.05, 4.69) is 5.10 Å². The SMILES string of the molecule is Cn1cc(C2CCCN2C(=O)c2ccc(F)cc2Cl)cn1. The first-order chi connectivity index (χ1) is 10.1. The molecule has 1 aliphatic rings. The zero-order chi connectivity index (χ0) is 15.0. The maximum absolute atomic E-state index is 13.1. The van der Waals surface area contributed by atoms with Gasteiger partial charge in [0.2, 0.25) is 0 Å². The molecule has 0 bridgehead atoms. The van der Waals surface area contributed by atoms with Crippen molar-refractivity contribution in [2.45, 2.75) is 18.9 Å². The Balaban J connectivity index is 1.89. The third-order valence-electron chi connectivity index (χ3n) is 3.78. The van der Waals surface area contributed by atoms with Crippen LogP contribution in [0.5, 0.6) is 0 Å². The molecule has 1 saturated heterocycles. The number of aryl methyl sites for hydroxylation is 1. The average Bonchev–Trinajstić information content (AvgIpc) is 3.06. The Morgan fingerprint density at radius 3 is 2.95 bits per heavy atom. The number of rotatable bonds is 2. The molecule has 2 aromatic rings. The molecule has 0 saturated carbocycles. The first kappa shape index (κ1) is 14.1. The highest BCUT2D eigenvalue weighted by atomic mass is 35.5. The van der Waals surface area contributed by atoms with Gasteiger partial charge < -0.3 is 4.90 Å². The Kier molecular flexibility index (Phi) is 3.68. The number of nitrogens with zero attached hydrogens (tertiary/aromatic N) is 3. The van der Waals surface area contributed by atoms with Gasteiger partial charge in [-0.25, -0.2) is 4.39 Å². The number of carbonyl (C=O) groups is 1. The molecule has 4 nitrogen and oxygen atoms in total. The van der Waals surface area contributed by atoms with E-state index in [4.69, 9.17) is 11.6 Å². The van der Waals surface area contributed by atoms with Crippen LogP contribution in [0.3, 0.4) is 0 Å². The van der Waals surface area contributed by atoms with E-state index in [0.29, 0.717) is 12.1 Å². The monoisotopic (exact) mass is 307 g/mol. The maximum Gasteiger partial charge on any atom is 0.255 e. The third kappa shape index (κ3) is 2.65. The van der Waals surface area contributed by atoms with Gasteiger partial charge in [-0.1, -0.05) is 11.6 Å². The summed E-state index contributed by atoms with van der Waals surface area (Å²) in [6, 6.07) is 3.88. The fourth-order valence-electron chi connectivity index (χ4n) is 2.79. The fraction of sp³-hybridized carbons (Fsp3) is 0.333. The van der Waals surface area contributed by atoms with E-state index in [1.165, 1.54) is 18.2 Å². The molecule has 1 unspecified atom stereocenters. The zero-order valence-electron chi connectivity index (χ0n) is 11.6. The predicted octanol–water partition coefficient (Wildman–Crippen LogP) is 3.19. The Morgan fingerprint density at radius 1 is 1.48 bits per heavy atom. The molecule has 0 aliphatic carbocycles. The second-order valence-corrected chi connectivity index (χ2v) is 5.64. The normalized spacial score (nSPS) is 18.2. The van der Waals surface area contributed by atoms with Gasteiger partial charge in [-0.3, -0.25) is 9.48 Å². The first-order valence-electron chi connectivity index (χ1n) is 6.81. The molecule has 0 radical (unpaired) electrons. The topological polar surface area (TPSA) is 38.1 Å². The largest absolute Gasteiger partial charge is 0.331 e. The standard InChI is InChI=1S/C15H15ClFN3O/c1-19-9-10(8-18-19)14-3-2-6-20(14)15(21)12-5-4-11(17)7-13(12)16/h4-5,7-9,14H,2-3,6H2,1H3. The van der Waals surface area contributed by atoms with Gasteiger partial charge in [-0.05, 0) is 31.0 Å². The lowest BCUT2D eigenvalue weighted by Gasteiger charge is -2.24. The van der Waals surface area contributed by atoms with E-state index >= 15 is 0 Å². The van der Waals surface area contributed by atoms with Crippen molar-refractivity contribution in [3.63, 3.8) is 0 Å². The third-order valence-corrected chi connectivity index (χ3v) is 4.10. The van der Waals surface area contributed by atoms with Gasteiger partial charge in [0.1, 0.15) is 5.82 Å². The molecule has 3 rings (SSSR count). The second-order valence-electron chi connectivity index (χ2n) is 5.23. The van der Waals surface area contributed by atoms with E-state index < -0.39 is 5.82 Å². The molecule has 1 atom stereocenters. The molecular weight excluding hydrogens is 293 g/mol. The Hall–Kier alpha value is -1.88.